The van der Waals surface area contributed by atoms with Crippen molar-refractivity contribution < 1.29 is 4.74 Å². The minimum Gasteiger partial charge on any atom is -0.494 e. The van der Waals surface area contributed by atoms with Crippen LogP contribution in [0.25, 0.3) is 0 Å². The van der Waals surface area contributed by atoms with Gasteiger partial charge in [-0.2, -0.15) is 5.26 Å². The van der Waals surface area contributed by atoms with Crippen LogP contribution in [0.4, 0.5) is 0 Å². The number of benzene rings is 1. The van der Waals surface area contributed by atoms with E-state index in [9.17, 15) is 5.26 Å². The first kappa shape index (κ1) is 13.0. The van der Waals surface area contributed by atoms with Crippen LogP contribution in [0.3, 0.4) is 0 Å². The second kappa shape index (κ2) is 5.96. The van der Waals surface area contributed by atoms with Gasteiger partial charge < -0.3 is 4.74 Å². The van der Waals surface area contributed by atoms with Crippen molar-refractivity contribution in [1.29, 1.82) is 5.26 Å². The predicted octanol–water partition coefficient (Wildman–Crippen LogP) is 2.84. The molecule has 0 saturated heterocycles. The van der Waals surface area contributed by atoms with Gasteiger partial charge >= 0.3 is 0 Å². The Bertz CT molecular complexity index is 590. The molecule has 2 aromatic rings. The molecule has 0 aliphatic heterocycles. The van der Waals surface area contributed by atoms with Gasteiger partial charge in [0.05, 0.1) is 12.7 Å². The minimum atomic E-state index is -0.449. The summed E-state index contributed by atoms with van der Waals surface area (Å²) in [5.41, 5.74) is 1.89. The van der Waals surface area contributed by atoms with Gasteiger partial charge in [-0.05, 0) is 37.1 Å². The third-order valence-corrected chi connectivity index (χ3v) is 2.81. The molecule has 0 N–H and O–H groups in total. The maximum Gasteiger partial charge on any atom is 0.149 e. The Morgan fingerprint density at radius 2 is 2.05 bits per heavy atom. The van der Waals surface area contributed by atoms with E-state index in [-0.39, 0.29) is 0 Å². The van der Waals surface area contributed by atoms with E-state index in [1.807, 2.05) is 32.0 Å². The molecule has 1 heterocycles. The summed E-state index contributed by atoms with van der Waals surface area (Å²) in [6.07, 6.45) is 3.29. The first-order chi connectivity index (χ1) is 9.26. The Hall–Kier alpha value is -2.41. The fraction of sp³-hybridized carbons (Fsp3) is 0.267. The van der Waals surface area contributed by atoms with Gasteiger partial charge in [0.15, 0.2) is 0 Å². The van der Waals surface area contributed by atoms with E-state index in [0.29, 0.717) is 12.4 Å². The summed E-state index contributed by atoms with van der Waals surface area (Å²) in [6, 6.07) is 9.72. The highest BCUT2D eigenvalue weighted by Gasteiger charge is 2.16. The molecular weight excluding hydrogens is 238 g/mol. The molecule has 1 atom stereocenters. The fourth-order valence-electron chi connectivity index (χ4n) is 1.91. The van der Waals surface area contributed by atoms with E-state index < -0.39 is 5.92 Å². The van der Waals surface area contributed by atoms with Gasteiger partial charge in [-0.25, -0.2) is 9.97 Å². The number of rotatable bonds is 4. The van der Waals surface area contributed by atoms with Crippen molar-refractivity contribution in [3.8, 4) is 11.8 Å². The first-order valence-corrected chi connectivity index (χ1v) is 6.16. The first-order valence-electron chi connectivity index (χ1n) is 6.16. The third kappa shape index (κ3) is 2.89. The van der Waals surface area contributed by atoms with Gasteiger partial charge in [-0.3, -0.25) is 0 Å². The second-order valence-corrected chi connectivity index (χ2v) is 4.13. The van der Waals surface area contributed by atoms with Crippen molar-refractivity contribution in [1.82, 2.24) is 9.97 Å². The minimum absolute atomic E-state index is 0.449. The van der Waals surface area contributed by atoms with Crippen LogP contribution in [0, 0.1) is 18.3 Å². The molecule has 19 heavy (non-hydrogen) atoms. The van der Waals surface area contributed by atoms with Crippen LogP contribution in [0.1, 0.15) is 29.8 Å². The molecule has 0 aliphatic carbocycles. The molecule has 0 spiro atoms. The molecule has 0 saturated carbocycles. The van der Waals surface area contributed by atoms with Gasteiger partial charge in [0.2, 0.25) is 0 Å². The number of nitrogens with zero attached hydrogens (tertiary/aromatic N) is 3. The number of nitriles is 1. The van der Waals surface area contributed by atoms with Crippen molar-refractivity contribution in [2.45, 2.75) is 19.8 Å². The lowest BCUT2D eigenvalue weighted by Gasteiger charge is -2.12. The van der Waals surface area contributed by atoms with Crippen LogP contribution in [-0.4, -0.2) is 16.6 Å². The maximum atomic E-state index is 9.34. The van der Waals surface area contributed by atoms with Crippen molar-refractivity contribution in [2.75, 3.05) is 6.61 Å². The summed E-state index contributed by atoms with van der Waals surface area (Å²) in [5, 5.41) is 9.34. The molecule has 4 nitrogen and oxygen atoms in total. The Morgan fingerprint density at radius 3 is 2.63 bits per heavy atom. The van der Waals surface area contributed by atoms with Gasteiger partial charge in [0.25, 0.3) is 0 Å². The number of aromatic nitrogens is 2. The van der Waals surface area contributed by atoms with Crippen molar-refractivity contribution in [2.24, 2.45) is 0 Å². The zero-order chi connectivity index (χ0) is 13.7. The summed E-state index contributed by atoms with van der Waals surface area (Å²) in [7, 11) is 0. The molecule has 0 bridgehead atoms. The van der Waals surface area contributed by atoms with E-state index in [1.54, 1.807) is 18.5 Å². The van der Waals surface area contributed by atoms with Crippen LogP contribution < -0.4 is 4.74 Å². The molecule has 0 fully saturated rings. The summed E-state index contributed by atoms with van der Waals surface area (Å²) < 4.78 is 5.50. The monoisotopic (exact) mass is 253 g/mol. The van der Waals surface area contributed by atoms with Crippen LogP contribution in [0.2, 0.25) is 0 Å². The number of hydrogen-bond acceptors (Lipinski definition) is 4. The summed E-state index contributed by atoms with van der Waals surface area (Å²) >= 11 is 0. The average molecular weight is 253 g/mol. The fourth-order valence-corrected chi connectivity index (χ4v) is 1.91. The molecule has 4 heteroatoms. The smallest absolute Gasteiger partial charge is 0.149 e. The summed E-state index contributed by atoms with van der Waals surface area (Å²) in [6.45, 7) is 4.54. The highest BCUT2D eigenvalue weighted by Crippen LogP contribution is 2.26. The maximum absolute atomic E-state index is 9.34. The van der Waals surface area contributed by atoms with E-state index in [1.165, 1.54) is 0 Å². The highest BCUT2D eigenvalue weighted by atomic mass is 16.5. The van der Waals surface area contributed by atoms with Crippen molar-refractivity contribution in [3.05, 3.63) is 53.6 Å². The van der Waals surface area contributed by atoms with E-state index in [2.05, 4.69) is 16.0 Å². The molecule has 96 valence electrons. The topological polar surface area (TPSA) is 58.8 Å². The standard InChI is InChI=1S/C15H15N3O/c1-3-19-14-6-5-12(9-11(14)2)13(10-16)15-17-7-4-8-18-15/h4-9,13H,3H2,1-2H3. The molecule has 1 unspecified atom stereocenters. The van der Waals surface area contributed by atoms with E-state index in [4.69, 9.17) is 4.74 Å². The number of hydrogen-bond donors (Lipinski definition) is 0. The van der Waals surface area contributed by atoms with Gasteiger partial charge in [0.1, 0.15) is 17.5 Å². The lowest BCUT2D eigenvalue weighted by atomic mass is 9.97. The molecule has 0 radical (unpaired) electrons. The van der Waals surface area contributed by atoms with Gasteiger partial charge in [-0.1, -0.05) is 12.1 Å². The largest absolute Gasteiger partial charge is 0.494 e. The average Bonchev–Trinajstić information content (AvgIpc) is 2.44. The van der Waals surface area contributed by atoms with Gasteiger partial charge in [-0.15, -0.1) is 0 Å². The van der Waals surface area contributed by atoms with E-state index in [0.717, 1.165) is 16.9 Å². The SMILES string of the molecule is CCOc1ccc(C(C#N)c2ncccn2)cc1C. The lowest BCUT2D eigenvalue weighted by Crippen LogP contribution is -2.04. The second-order valence-electron chi connectivity index (χ2n) is 4.13. The normalized spacial score (nSPS) is 11.6. The van der Waals surface area contributed by atoms with Crippen LogP contribution in [0.15, 0.2) is 36.7 Å². The summed E-state index contributed by atoms with van der Waals surface area (Å²) in [5.74, 6) is 0.918. The predicted molar refractivity (Wildman–Crippen MR) is 71.8 cm³/mol. The highest BCUT2D eigenvalue weighted by molar-refractivity contribution is 5.41. The Labute approximate surface area is 112 Å². The molecule has 0 amide bonds. The molecule has 0 aliphatic rings. The number of ether oxygens (including phenoxy) is 1. The van der Waals surface area contributed by atoms with Gasteiger partial charge in [0, 0.05) is 12.4 Å². The Balaban J connectivity index is 2.35. The van der Waals surface area contributed by atoms with E-state index >= 15 is 0 Å². The molecule has 1 aromatic heterocycles. The Morgan fingerprint density at radius 1 is 1.32 bits per heavy atom. The van der Waals surface area contributed by atoms with Crippen LogP contribution in [-0.2, 0) is 0 Å². The van der Waals surface area contributed by atoms with Crippen LogP contribution >= 0.6 is 0 Å². The molecule has 2 rings (SSSR count). The summed E-state index contributed by atoms with van der Waals surface area (Å²) in [4.78, 5) is 8.30. The molecule has 1 aromatic carbocycles. The quantitative estimate of drug-likeness (QED) is 0.840. The zero-order valence-electron chi connectivity index (χ0n) is 11.0. The zero-order valence-corrected chi connectivity index (χ0v) is 11.0. The third-order valence-electron chi connectivity index (χ3n) is 2.81. The number of aryl methyl sites for hydroxylation is 1. The lowest BCUT2D eigenvalue weighted by molar-refractivity contribution is 0.338. The molecular formula is C15H15N3O. The van der Waals surface area contributed by atoms with Crippen molar-refractivity contribution in [3.63, 3.8) is 0 Å². The van der Waals surface area contributed by atoms with Crippen LogP contribution in [0.5, 0.6) is 5.75 Å². The van der Waals surface area contributed by atoms with Crippen molar-refractivity contribution >= 4 is 0 Å². The Kier molecular flexibility index (Phi) is 4.09.